The fraction of sp³-hybridized carbons (Fsp3) is 0.400. The number of aryl methyl sites for hydroxylation is 4. The van der Waals surface area contributed by atoms with E-state index in [2.05, 4.69) is 18.3 Å². The van der Waals surface area contributed by atoms with E-state index in [1.165, 1.54) is 0 Å². The number of carbonyl (C=O) groups is 1. The molecule has 1 aliphatic rings. The van der Waals surface area contributed by atoms with Crippen LogP contribution < -0.4 is 10.1 Å². The Bertz CT molecular complexity index is 1460. The molecule has 0 saturated carbocycles. The van der Waals surface area contributed by atoms with Gasteiger partial charge in [-0.15, -0.1) is 0 Å². The van der Waals surface area contributed by atoms with Crippen LogP contribution in [-0.4, -0.2) is 38.1 Å². The van der Waals surface area contributed by atoms with Gasteiger partial charge < -0.3 is 24.9 Å². The van der Waals surface area contributed by atoms with Crippen LogP contribution in [0.5, 0.6) is 5.75 Å². The third kappa shape index (κ3) is 7.50. The Morgan fingerprint density at radius 1 is 1.07 bits per heavy atom. The minimum Gasteiger partial charge on any atom is -0.494 e. The van der Waals surface area contributed by atoms with Gasteiger partial charge in [-0.05, 0) is 85.5 Å². The molecule has 0 radical (unpaired) electrons. The smallest absolute Gasteiger partial charge is 0.394 e. The van der Waals surface area contributed by atoms with E-state index in [-0.39, 0.29) is 25.5 Å². The van der Waals surface area contributed by atoms with Gasteiger partial charge in [0.15, 0.2) is 0 Å². The molecule has 4 N–H and O–H groups in total. The van der Waals surface area contributed by atoms with Crippen LogP contribution in [0.1, 0.15) is 66.6 Å². The molecule has 220 valence electrons. The first-order chi connectivity index (χ1) is 19.4. The predicted octanol–water partition coefficient (Wildman–Crippen LogP) is 6.67. The van der Waals surface area contributed by atoms with Crippen LogP contribution in [0.4, 0.5) is 14.5 Å². The lowest BCUT2D eigenvalue weighted by atomic mass is 9.89. The number of aliphatic carboxylic acids is 1. The zero-order chi connectivity index (χ0) is 29.8. The van der Waals surface area contributed by atoms with Crippen molar-refractivity contribution >= 4 is 19.3 Å². The molecule has 1 unspecified atom stereocenters. The van der Waals surface area contributed by atoms with Crippen LogP contribution in [-0.2, 0) is 28.6 Å². The quantitative estimate of drug-likeness (QED) is 0.129. The molecular weight excluding hydrogens is 553 g/mol. The summed E-state index contributed by atoms with van der Waals surface area (Å²) in [5.41, 5.74) is 4.23. The molecule has 4 rings (SSSR count). The monoisotopic (exact) mass is 588 g/mol. The number of nitrogens with one attached hydrogen (secondary N) is 1. The molecule has 2 aromatic carbocycles. The summed E-state index contributed by atoms with van der Waals surface area (Å²) >= 11 is 0. The minimum absolute atomic E-state index is 0.0686. The average Bonchev–Trinajstić information content (AvgIpc) is 2.92. The van der Waals surface area contributed by atoms with Crippen molar-refractivity contribution in [3.8, 4) is 16.9 Å². The van der Waals surface area contributed by atoms with E-state index in [1.807, 2.05) is 43.5 Å². The van der Waals surface area contributed by atoms with Gasteiger partial charge in [-0.2, -0.15) is 8.78 Å². The SMILES string of the molecule is CCC1Nc2cc(CCC(=O)O)ccc2-c2cc(CCc3ccc(OCCCC(F)(F)P(=O)(O)O)cc3C)cnc21. The Labute approximate surface area is 238 Å². The van der Waals surface area contributed by atoms with Crippen LogP contribution >= 0.6 is 7.60 Å². The zero-order valence-electron chi connectivity index (χ0n) is 23.1. The Morgan fingerprint density at radius 2 is 1.85 bits per heavy atom. The number of hydrogen-bond donors (Lipinski definition) is 4. The Hall–Kier alpha value is -3.33. The van der Waals surface area contributed by atoms with Crippen molar-refractivity contribution in [2.75, 3.05) is 11.9 Å². The van der Waals surface area contributed by atoms with Crippen molar-refractivity contribution in [2.24, 2.45) is 0 Å². The third-order valence-corrected chi connectivity index (χ3v) is 8.43. The Morgan fingerprint density at radius 3 is 2.54 bits per heavy atom. The van der Waals surface area contributed by atoms with Crippen molar-refractivity contribution in [2.45, 2.75) is 70.5 Å². The minimum atomic E-state index is -5.48. The third-order valence-electron chi connectivity index (χ3n) is 7.36. The van der Waals surface area contributed by atoms with E-state index in [4.69, 9.17) is 24.6 Å². The highest BCUT2D eigenvalue weighted by Gasteiger charge is 2.47. The normalized spacial score (nSPS) is 14.6. The van der Waals surface area contributed by atoms with Gasteiger partial charge in [0.1, 0.15) is 5.75 Å². The van der Waals surface area contributed by atoms with E-state index < -0.39 is 25.6 Å². The Balaban J connectivity index is 1.41. The van der Waals surface area contributed by atoms with Crippen molar-refractivity contribution in [1.29, 1.82) is 0 Å². The number of pyridine rings is 1. The molecule has 8 nitrogen and oxygen atoms in total. The number of aromatic nitrogens is 1. The molecule has 0 amide bonds. The summed E-state index contributed by atoms with van der Waals surface area (Å²) in [5.74, 6) is -0.305. The van der Waals surface area contributed by atoms with Gasteiger partial charge >= 0.3 is 19.2 Å². The first kappa shape index (κ1) is 30.6. The van der Waals surface area contributed by atoms with E-state index in [0.717, 1.165) is 64.0 Å². The summed E-state index contributed by atoms with van der Waals surface area (Å²) < 4.78 is 43.2. The summed E-state index contributed by atoms with van der Waals surface area (Å²) in [5, 5.41) is 12.6. The largest absolute Gasteiger partial charge is 0.494 e. The van der Waals surface area contributed by atoms with Gasteiger partial charge in [0, 0.05) is 35.9 Å². The maximum absolute atomic E-state index is 13.4. The number of rotatable bonds is 13. The van der Waals surface area contributed by atoms with Crippen molar-refractivity contribution < 1.29 is 37.8 Å². The molecule has 11 heteroatoms. The highest BCUT2D eigenvalue weighted by atomic mass is 31.2. The molecule has 3 aromatic rings. The van der Waals surface area contributed by atoms with Gasteiger partial charge in [0.05, 0.1) is 18.3 Å². The maximum atomic E-state index is 13.4. The number of ether oxygens (including phenoxy) is 1. The molecular formula is C30H35F2N2O6P. The lowest BCUT2D eigenvalue weighted by Crippen LogP contribution is -2.18. The van der Waals surface area contributed by atoms with Crippen LogP contribution in [0.15, 0.2) is 48.7 Å². The molecule has 0 saturated heterocycles. The molecule has 0 spiro atoms. The molecule has 1 aliphatic heterocycles. The lowest BCUT2D eigenvalue weighted by molar-refractivity contribution is -0.136. The lowest BCUT2D eigenvalue weighted by Gasteiger charge is -2.29. The highest BCUT2D eigenvalue weighted by Crippen LogP contribution is 2.55. The van der Waals surface area contributed by atoms with Gasteiger partial charge in [0.2, 0.25) is 0 Å². The fourth-order valence-electron chi connectivity index (χ4n) is 4.99. The Kier molecular flexibility index (Phi) is 9.47. The van der Waals surface area contributed by atoms with Gasteiger partial charge in [-0.3, -0.25) is 14.3 Å². The summed E-state index contributed by atoms with van der Waals surface area (Å²) in [6.45, 7) is 3.97. The van der Waals surface area contributed by atoms with E-state index in [9.17, 15) is 18.1 Å². The number of nitrogens with zero attached hydrogens (tertiary/aromatic N) is 1. The summed E-state index contributed by atoms with van der Waals surface area (Å²) in [4.78, 5) is 33.3. The molecule has 41 heavy (non-hydrogen) atoms. The number of alkyl halides is 2. The second-order valence-corrected chi connectivity index (χ2v) is 12.1. The molecule has 1 aromatic heterocycles. The number of fused-ring (bicyclic) bond motifs is 3. The van der Waals surface area contributed by atoms with Gasteiger partial charge in [-0.25, -0.2) is 0 Å². The molecule has 0 fully saturated rings. The number of carboxylic acid groups (broad SMARTS) is 1. The second kappa shape index (κ2) is 12.7. The molecule has 2 heterocycles. The standard InChI is InChI=1S/C30H35F2N2O6P/c1-3-26-29-25(24-11-6-20(7-12-28(35)36)17-27(24)34-26)16-21(18-33-29)5-8-22-9-10-23(15-19(22)2)40-14-4-13-30(31,32)41(37,38)39/h6,9-11,15-18,26,34H,3-5,7-8,12-14H2,1-2H3,(H,35,36)(H2,37,38,39). The first-order valence-electron chi connectivity index (χ1n) is 13.6. The highest BCUT2D eigenvalue weighted by molar-refractivity contribution is 7.53. The fourth-order valence-corrected chi connectivity index (χ4v) is 5.44. The van der Waals surface area contributed by atoms with Crippen LogP contribution in [0.2, 0.25) is 0 Å². The predicted molar refractivity (Wildman–Crippen MR) is 153 cm³/mol. The van der Waals surface area contributed by atoms with Crippen LogP contribution in [0.25, 0.3) is 11.1 Å². The molecule has 0 aliphatic carbocycles. The van der Waals surface area contributed by atoms with Crippen molar-refractivity contribution in [3.05, 3.63) is 76.6 Å². The molecule has 1 atom stereocenters. The number of benzene rings is 2. The number of carboxylic acids is 1. The summed E-state index contributed by atoms with van der Waals surface area (Å²) in [7, 11) is -5.48. The van der Waals surface area contributed by atoms with Gasteiger partial charge in [-0.1, -0.05) is 25.1 Å². The van der Waals surface area contributed by atoms with Crippen molar-refractivity contribution in [3.63, 3.8) is 0 Å². The number of anilines is 1. The summed E-state index contributed by atoms with van der Waals surface area (Å²) in [6.07, 6.45) is 3.71. The first-order valence-corrected chi connectivity index (χ1v) is 15.3. The van der Waals surface area contributed by atoms with Crippen LogP contribution in [0.3, 0.4) is 0 Å². The van der Waals surface area contributed by atoms with E-state index in [0.29, 0.717) is 12.2 Å². The average molecular weight is 589 g/mol. The van der Waals surface area contributed by atoms with Gasteiger partial charge in [0.25, 0.3) is 0 Å². The number of halogens is 2. The van der Waals surface area contributed by atoms with Crippen molar-refractivity contribution in [1.82, 2.24) is 4.98 Å². The maximum Gasteiger partial charge on any atom is 0.394 e. The zero-order valence-corrected chi connectivity index (χ0v) is 24.0. The summed E-state index contributed by atoms with van der Waals surface area (Å²) in [6, 6.07) is 13.8. The number of hydrogen-bond acceptors (Lipinski definition) is 5. The van der Waals surface area contributed by atoms with Crippen LogP contribution in [0, 0.1) is 6.92 Å². The van der Waals surface area contributed by atoms with E-state index >= 15 is 0 Å². The molecule has 0 bridgehead atoms. The second-order valence-electron chi connectivity index (χ2n) is 10.4. The van der Waals surface area contributed by atoms with E-state index in [1.54, 1.807) is 6.07 Å². The topological polar surface area (TPSA) is 129 Å².